The van der Waals surface area contributed by atoms with E-state index in [1.807, 2.05) is 4.90 Å². The zero-order valence-electron chi connectivity index (χ0n) is 11.7. The van der Waals surface area contributed by atoms with E-state index >= 15 is 0 Å². The molecule has 0 saturated carbocycles. The van der Waals surface area contributed by atoms with Crippen molar-refractivity contribution in [1.82, 2.24) is 4.90 Å². The summed E-state index contributed by atoms with van der Waals surface area (Å²) in [6.07, 6.45) is 2.04. The number of hydrogen-bond acceptors (Lipinski definition) is 3. The van der Waals surface area contributed by atoms with Gasteiger partial charge in [0.05, 0.1) is 11.6 Å². The van der Waals surface area contributed by atoms with Crippen molar-refractivity contribution < 1.29 is 4.79 Å². The highest BCUT2D eigenvalue weighted by Crippen LogP contribution is 2.31. The van der Waals surface area contributed by atoms with Gasteiger partial charge in [-0.2, -0.15) is 5.26 Å². The normalized spacial score (nSPS) is 15.7. The molecule has 3 rings (SSSR count). The zero-order chi connectivity index (χ0) is 14.7. The number of piperidine rings is 1. The number of amides is 1. The Morgan fingerprint density at radius 1 is 1.24 bits per heavy atom. The molecule has 0 N–H and O–H groups in total. The largest absolute Gasteiger partial charge is 0.339 e. The Morgan fingerprint density at radius 3 is 2.71 bits per heavy atom. The summed E-state index contributed by atoms with van der Waals surface area (Å²) in [4.78, 5) is 15.8. The molecule has 1 amide bonds. The van der Waals surface area contributed by atoms with Crippen LogP contribution in [0.3, 0.4) is 0 Å². The van der Waals surface area contributed by atoms with Gasteiger partial charge in [-0.25, -0.2) is 0 Å². The average Bonchev–Trinajstić information content (AvgIpc) is 3.09. The molecule has 0 aliphatic carbocycles. The van der Waals surface area contributed by atoms with Crippen LogP contribution in [-0.4, -0.2) is 23.9 Å². The smallest absolute Gasteiger partial charge is 0.253 e. The standard InChI is InChI=1S/C17H16N2OS/c18-12-13-3-1-4-15(11-13)17(20)19-8-6-14(7-9-19)16-5-2-10-21-16/h1-5,10-11,14H,6-9H2. The van der Waals surface area contributed by atoms with Crippen LogP contribution in [0.2, 0.25) is 0 Å². The summed E-state index contributed by atoms with van der Waals surface area (Å²) in [6.45, 7) is 1.58. The molecule has 1 fully saturated rings. The van der Waals surface area contributed by atoms with Gasteiger partial charge in [-0.3, -0.25) is 4.79 Å². The Kier molecular flexibility index (Phi) is 4.03. The highest BCUT2D eigenvalue weighted by molar-refractivity contribution is 7.10. The number of hydrogen-bond donors (Lipinski definition) is 0. The van der Waals surface area contributed by atoms with E-state index in [0.29, 0.717) is 17.0 Å². The number of nitriles is 1. The van der Waals surface area contributed by atoms with E-state index < -0.39 is 0 Å². The first-order chi connectivity index (χ1) is 10.3. The van der Waals surface area contributed by atoms with E-state index in [2.05, 4.69) is 23.6 Å². The summed E-state index contributed by atoms with van der Waals surface area (Å²) in [6, 6.07) is 13.3. The number of nitrogens with zero attached hydrogens (tertiary/aromatic N) is 2. The lowest BCUT2D eigenvalue weighted by Gasteiger charge is -2.31. The molecule has 1 aliphatic heterocycles. The van der Waals surface area contributed by atoms with Crippen molar-refractivity contribution in [3.05, 3.63) is 57.8 Å². The number of carbonyl (C=O) groups is 1. The minimum Gasteiger partial charge on any atom is -0.339 e. The van der Waals surface area contributed by atoms with Gasteiger partial charge in [0.2, 0.25) is 0 Å². The number of thiophene rings is 1. The van der Waals surface area contributed by atoms with E-state index in [1.54, 1.807) is 35.6 Å². The van der Waals surface area contributed by atoms with Crippen LogP contribution in [0.25, 0.3) is 0 Å². The van der Waals surface area contributed by atoms with Crippen molar-refractivity contribution in [3.63, 3.8) is 0 Å². The predicted octanol–water partition coefficient (Wildman–Crippen LogP) is 3.64. The lowest BCUT2D eigenvalue weighted by Crippen LogP contribution is -2.37. The summed E-state index contributed by atoms with van der Waals surface area (Å²) >= 11 is 1.80. The molecule has 2 heterocycles. The van der Waals surface area contributed by atoms with Crippen molar-refractivity contribution >= 4 is 17.2 Å². The van der Waals surface area contributed by atoms with Gasteiger partial charge in [0.25, 0.3) is 5.91 Å². The first kappa shape index (κ1) is 13.8. The van der Waals surface area contributed by atoms with Gasteiger partial charge < -0.3 is 4.90 Å². The fourth-order valence-electron chi connectivity index (χ4n) is 2.80. The van der Waals surface area contributed by atoms with E-state index in [-0.39, 0.29) is 5.91 Å². The summed E-state index contributed by atoms with van der Waals surface area (Å²) in [5.41, 5.74) is 1.15. The van der Waals surface area contributed by atoms with Crippen LogP contribution < -0.4 is 0 Å². The van der Waals surface area contributed by atoms with Crippen LogP contribution in [0.1, 0.15) is 39.6 Å². The monoisotopic (exact) mass is 296 g/mol. The second-order valence-electron chi connectivity index (χ2n) is 5.27. The minimum atomic E-state index is 0.0386. The second kappa shape index (κ2) is 6.11. The Balaban J connectivity index is 1.66. The van der Waals surface area contributed by atoms with Crippen molar-refractivity contribution in [2.75, 3.05) is 13.1 Å². The topological polar surface area (TPSA) is 44.1 Å². The van der Waals surface area contributed by atoms with Crippen molar-refractivity contribution in [2.24, 2.45) is 0 Å². The highest BCUT2D eigenvalue weighted by Gasteiger charge is 2.25. The SMILES string of the molecule is N#Cc1cccc(C(=O)N2CCC(c3cccs3)CC2)c1. The van der Waals surface area contributed by atoms with Gasteiger partial charge in [0.15, 0.2) is 0 Å². The van der Waals surface area contributed by atoms with Crippen LogP contribution in [0.4, 0.5) is 0 Å². The third kappa shape index (κ3) is 2.98. The molecule has 0 spiro atoms. The summed E-state index contributed by atoms with van der Waals surface area (Å²) in [5.74, 6) is 0.622. The minimum absolute atomic E-state index is 0.0386. The van der Waals surface area contributed by atoms with Crippen LogP contribution in [-0.2, 0) is 0 Å². The summed E-state index contributed by atoms with van der Waals surface area (Å²) in [7, 11) is 0. The predicted molar refractivity (Wildman–Crippen MR) is 83.4 cm³/mol. The van der Waals surface area contributed by atoms with Gasteiger partial charge in [0.1, 0.15) is 0 Å². The van der Waals surface area contributed by atoms with E-state index in [9.17, 15) is 4.79 Å². The van der Waals surface area contributed by atoms with E-state index in [1.165, 1.54) is 4.88 Å². The quantitative estimate of drug-likeness (QED) is 0.849. The number of benzene rings is 1. The summed E-state index contributed by atoms with van der Waals surface area (Å²) in [5, 5.41) is 11.0. The maximum absolute atomic E-state index is 12.5. The maximum Gasteiger partial charge on any atom is 0.253 e. The molecule has 106 valence electrons. The molecule has 3 nitrogen and oxygen atoms in total. The van der Waals surface area contributed by atoms with Gasteiger partial charge >= 0.3 is 0 Å². The lowest BCUT2D eigenvalue weighted by molar-refractivity contribution is 0.0713. The molecule has 4 heteroatoms. The number of rotatable bonds is 2. The second-order valence-corrected chi connectivity index (χ2v) is 6.25. The maximum atomic E-state index is 12.5. The van der Waals surface area contributed by atoms with Crippen LogP contribution in [0.15, 0.2) is 41.8 Å². The Morgan fingerprint density at radius 2 is 2.05 bits per heavy atom. The molecule has 1 aromatic heterocycles. The molecule has 0 unspecified atom stereocenters. The Hall–Kier alpha value is -2.12. The molecule has 0 bridgehead atoms. The fraction of sp³-hybridized carbons (Fsp3) is 0.294. The van der Waals surface area contributed by atoms with Gasteiger partial charge in [-0.1, -0.05) is 12.1 Å². The Bertz CT molecular complexity index is 664. The summed E-state index contributed by atoms with van der Waals surface area (Å²) < 4.78 is 0. The van der Waals surface area contributed by atoms with Crippen molar-refractivity contribution in [1.29, 1.82) is 5.26 Å². The molecule has 1 saturated heterocycles. The van der Waals surface area contributed by atoms with E-state index in [0.717, 1.165) is 25.9 Å². The van der Waals surface area contributed by atoms with Crippen molar-refractivity contribution in [3.8, 4) is 6.07 Å². The molecular formula is C17H16N2OS. The molecule has 1 aromatic carbocycles. The number of likely N-dealkylation sites (tertiary alicyclic amines) is 1. The van der Waals surface area contributed by atoms with Gasteiger partial charge in [-0.05, 0) is 48.4 Å². The van der Waals surface area contributed by atoms with Crippen LogP contribution >= 0.6 is 11.3 Å². The van der Waals surface area contributed by atoms with Crippen LogP contribution in [0, 0.1) is 11.3 Å². The number of carbonyl (C=O) groups excluding carboxylic acids is 1. The average molecular weight is 296 g/mol. The van der Waals surface area contributed by atoms with Crippen molar-refractivity contribution in [2.45, 2.75) is 18.8 Å². The Labute approximate surface area is 128 Å². The molecule has 21 heavy (non-hydrogen) atoms. The third-order valence-corrected chi connectivity index (χ3v) is 5.00. The fourth-order valence-corrected chi connectivity index (χ4v) is 3.69. The third-order valence-electron chi connectivity index (χ3n) is 3.97. The van der Waals surface area contributed by atoms with E-state index in [4.69, 9.17) is 5.26 Å². The van der Waals surface area contributed by atoms with Gasteiger partial charge in [-0.15, -0.1) is 11.3 Å². The first-order valence-electron chi connectivity index (χ1n) is 7.11. The molecule has 1 aliphatic rings. The first-order valence-corrected chi connectivity index (χ1v) is 7.99. The molecular weight excluding hydrogens is 280 g/mol. The van der Waals surface area contributed by atoms with Crippen LogP contribution in [0.5, 0.6) is 0 Å². The molecule has 0 radical (unpaired) electrons. The highest BCUT2D eigenvalue weighted by atomic mass is 32.1. The molecule has 0 atom stereocenters. The van der Waals surface area contributed by atoms with Gasteiger partial charge in [0, 0.05) is 23.5 Å². The lowest BCUT2D eigenvalue weighted by atomic mass is 9.95. The molecule has 2 aromatic rings. The zero-order valence-corrected chi connectivity index (χ0v) is 12.5.